The molecule has 0 radical (unpaired) electrons. The van der Waals surface area contributed by atoms with Crippen molar-refractivity contribution < 1.29 is 23.8 Å². The van der Waals surface area contributed by atoms with Crippen molar-refractivity contribution in [1.29, 1.82) is 0 Å². The molecule has 30 heavy (non-hydrogen) atoms. The largest absolute Gasteiger partial charge is 0.493 e. The first-order valence-electron chi connectivity index (χ1n) is 9.75. The highest BCUT2D eigenvalue weighted by atomic mass is 32.1. The minimum atomic E-state index is -0.455. The van der Waals surface area contributed by atoms with Crippen LogP contribution in [0.25, 0.3) is 6.08 Å². The zero-order valence-electron chi connectivity index (χ0n) is 18.0. The van der Waals surface area contributed by atoms with Crippen molar-refractivity contribution in [2.45, 2.75) is 33.6 Å². The monoisotopic (exact) mass is 432 g/mol. The first kappa shape index (κ1) is 23.4. The van der Waals surface area contributed by atoms with E-state index in [2.05, 4.69) is 24.1 Å². The second-order valence-corrected chi connectivity index (χ2v) is 7.90. The summed E-state index contributed by atoms with van der Waals surface area (Å²) in [5.41, 5.74) is 1.39. The summed E-state index contributed by atoms with van der Waals surface area (Å²) in [6.45, 7) is 6.79. The Morgan fingerprint density at radius 1 is 1.23 bits per heavy atom. The normalized spacial score (nSPS) is 11.0. The summed E-state index contributed by atoms with van der Waals surface area (Å²) in [6, 6.07) is 5.49. The number of rotatable bonds is 10. The van der Waals surface area contributed by atoms with Crippen molar-refractivity contribution >= 4 is 34.4 Å². The molecule has 0 aliphatic carbocycles. The van der Waals surface area contributed by atoms with E-state index in [4.69, 9.17) is 14.2 Å². The number of nitrogens with one attached hydrogen (secondary N) is 1. The van der Waals surface area contributed by atoms with Crippen molar-refractivity contribution in [3.05, 3.63) is 40.4 Å². The summed E-state index contributed by atoms with van der Waals surface area (Å²) < 4.78 is 15.9. The van der Waals surface area contributed by atoms with E-state index in [0.29, 0.717) is 46.1 Å². The van der Waals surface area contributed by atoms with E-state index in [9.17, 15) is 9.59 Å². The Morgan fingerprint density at radius 3 is 2.63 bits per heavy atom. The highest BCUT2D eigenvalue weighted by Crippen LogP contribution is 2.29. The molecular formula is C22H28N2O5S. The number of anilines is 1. The quantitative estimate of drug-likeness (QED) is 0.437. The summed E-state index contributed by atoms with van der Waals surface area (Å²) in [7, 11) is 2.90. The number of esters is 1. The number of aryl methyl sites for hydroxylation is 1. The molecule has 0 aliphatic rings. The summed E-state index contributed by atoms with van der Waals surface area (Å²) in [6.07, 6.45) is 4.60. The number of ether oxygens (including phenoxy) is 3. The molecule has 0 saturated carbocycles. The summed E-state index contributed by atoms with van der Waals surface area (Å²) >= 11 is 1.10. The smallest absolute Gasteiger partial charge is 0.350 e. The fraction of sp³-hybridized carbons (Fsp3) is 0.409. The zero-order chi connectivity index (χ0) is 22.1. The van der Waals surface area contributed by atoms with Gasteiger partial charge in [-0.1, -0.05) is 38.2 Å². The third-order valence-electron chi connectivity index (χ3n) is 4.20. The SMILES string of the molecule is CCc1nc(NC(=O)/C=C/c2ccc(OCCC(C)C)c(OC)c2)sc1C(=O)OC. The van der Waals surface area contributed by atoms with Gasteiger partial charge in [-0.2, -0.15) is 0 Å². The second kappa shape index (κ2) is 11.3. The number of carbonyl (C=O) groups excluding carboxylic acids is 2. The summed E-state index contributed by atoms with van der Waals surface area (Å²) in [4.78, 5) is 28.7. The van der Waals surface area contributed by atoms with E-state index >= 15 is 0 Å². The Labute approximate surface area is 181 Å². The lowest BCUT2D eigenvalue weighted by Crippen LogP contribution is -2.07. The molecule has 1 N–H and O–H groups in total. The molecule has 0 bridgehead atoms. The number of nitrogens with zero attached hydrogens (tertiary/aromatic N) is 1. The van der Waals surface area contributed by atoms with Crippen LogP contribution in [-0.2, 0) is 16.0 Å². The van der Waals surface area contributed by atoms with Crippen molar-refractivity contribution in [3.63, 3.8) is 0 Å². The van der Waals surface area contributed by atoms with Gasteiger partial charge in [0.05, 0.1) is 26.5 Å². The van der Waals surface area contributed by atoms with Crippen LogP contribution in [0.5, 0.6) is 11.5 Å². The molecule has 7 nitrogen and oxygen atoms in total. The van der Waals surface area contributed by atoms with Crippen molar-refractivity contribution in [2.24, 2.45) is 5.92 Å². The molecule has 2 rings (SSSR count). The maximum Gasteiger partial charge on any atom is 0.350 e. The maximum absolute atomic E-state index is 12.3. The van der Waals surface area contributed by atoms with Gasteiger partial charge in [0, 0.05) is 6.08 Å². The molecular weight excluding hydrogens is 404 g/mol. The van der Waals surface area contributed by atoms with Crippen LogP contribution in [0.3, 0.4) is 0 Å². The van der Waals surface area contributed by atoms with E-state index < -0.39 is 5.97 Å². The van der Waals surface area contributed by atoms with Gasteiger partial charge in [-0.25, -0.2) is 9.78 Å². The standard InChI is InChI=1S/C22H28N2O5S/c1-6-16-20(21(26)28-5)30-22(23-16)24-19(25)10-8-15-7-9-17(18(13-15)27-4)29-12-11-14(2)3/h7-10,13-14H,6,11-12H2,1-5H3,(H,23,24,25)/b10-8+. The van der Waals surface area contributed by atoms with Gasteiger partial charge < -0.3 is 14.2 Å². The van der Waals surface area contributed by atoms with E-state index in [0.717, 1.165) is 23.3 Å². The zero-order valence-corrected chi connectivity index (χ0v) is 18.8. The summed E-state index contributed by atoms with van der Waals surface area (Å²) in [5.74, 6) is 1.04. The van der Waals surface area contributed by atoms with Crippen LogP contribution in [0, 0.1) is 5.92 Å². The van der Waals surface area contributed by atoms with E-state index in [-0.39, 0.29) is 5.91 Å². The molecule has 1 aromatic heterocycles. The van der Waals surface area contributed by atoms with Crippen LogP contribution in [0.4, 0.5) is 5.13 Å². The van der Waals surface area contributed by atoms with Gasteiger partial charge in [0.1, 0.15) is 4.88 Å². The fourth-order valence-electron chi connectivity index (χ4n) is 2.53. The number of hydrogen-bond donors (Lipinski definition) is 1. The molecule has 1 aromatic carbocycles. The van der Waals surface area contributed by atoms with E-state index in [1.807, 2.05) is 25.1 Å². The topological polar surface area (TPSA) is 86.8 Å². The maximum atomic E-state index is 12.3. The van der Waals surface area contributed by atoms with Crippen LogP contribution < -0.4 is 14.8 Å². The van der Waals surface area contributed by atoms with Gasteiger partial charge in [-0.15, -0.1) is 0 Å². The van der Waals surface area contributed by atoms with Crippen LogP contribution >= 0.6 is 11.3 Å². The average molecular weight is 433 g/mol. The number of methoxy groups -OCH3 is 2. The second-order valence-electron chi connectivity index (χ2n) is 6.90. The summed E-state index contributed by atoms with van der Waals surface area (Å²) in [5, 5.41) is 3.04. The first-order valence-corrected chi connectivity index (χ1v) is 10.6. The predicted octanol–water partition coefficient (Wildman–Crippen LogP) is 4.58. The molecule has 0 atom stereocenters. The minimum Gasteiger partial charge on any atom is -0.493 e. The number of amides is 1. The molecule has 1 heterocycles. The molecule has 0 aliphatic heterocycles. The number of benzene rings is 1. The van der Waals surface area contributed by atoms with Crippen LogP contribution in [0.1, 0.15) is 48.1 Å². The Kier molecular flexibility index (Phi) is 8.86. The van der Waals surface area contributed by atoms with Gasteiger partial charge >= 0.3 is 5.97 Å². The van der Waals surface area contributed by atoms with Gasteiger partial charge in [0.2, 0.25) is 5.91 Å². The van der Waals surface area contributed by atoms with Gasteiger partial charge in [0.15, 0.2) is 16.6 Å². The third kappa shape index (κ3) is 6.59. The fourth-order valence-corrected chi connectivity index (χ4v) is 3.50. The Bertz CT molecular complexity index is 905. The van der Waals surface area contributed by atoms with Gasteiger partial charge in [0.25, 0.3) is 0 Å². The van der Waals surface area contributed by atoms with Crippen molar-refractivity contribution in [3.8, 4) is 11.5 Å². The molecule has 162 valence electrons. The number of aromatic nitrogens is 1. The van der Waals surface area contributed by atoms with Crippen molar-refractivity contribution in [1.82, 2.24) is 4.98 Å². The Morgan fingerprint density at radius 2 is 2.00 bits per heavy atom. The van der Waals surface area contributed by atoms with Crippen LogP contribution in [0.2, 0.25) is 0 Å². The highest BCUT2D eigenvalue weighted by Gasteiger charge is 2.18. The Hall–Kier alpha value is -2.87. The molecule has 0 spiro atoms. The van der Waals surface area contributed by atoms with E-state index in [1.54, 1.807) is 13.2 Å². The third-order valence-corrected chi connectivity index (χ3v) is 5.19. The predicted molar refractivity (Wildman–Crippen MR) is 118 cm³/mol. The molecule has 0 saturated heterocycles. The molecule has 0 fully saturated rings. The highest BCUT2D eigenvalue weighted by molar-refractivity contribution is 7.17. The Balaban J connectivity index is 2.04. The lowest BCUT2D eigenvalue weighted by molar-refractivity contribution is -0.111. The number of thiazole rings is 1. The van der Waals surface area contributed by atoms with Crippen LogP contribution in [-0.4, -0.2) is 37.7 Å². The molecule has 0 unspecified atom stereocenters. The number of carbonyl (C=O) groups is 2. The average Bonchev–Trinajstić information content (AvgIpc) is 3.14. The lowest BCUT2D eigenvalue weighted by atomic mass is 10.1. The molecule has 8 heteroatoms. The first-order chi connectivity index (χ1) is 14.4. The van der Waals surface area contributed by atoms with Crippen molar-refractivity contribution in [2.75, 3.05) is 26.1 Å². The van der Waals surface area contributed by atoms with E-state index in [1.165, 1.54) is 13.2 Å². The molecule has 1 amide bonds. The van der Waals surface area contributed by atoms with Gasteiger partial charge in [-0.3, -0.25) is 10.1 Å². The minimum absolute atomic E-state index is 0.348. The van der Waals surface area contributed by atoms with Crippen LogP contribution in [0.15, 0.2) is 24.3 Å². The lowest BCUT2D eigenvalue weighted by Gasteiger charge is -2.12. The number of hydrogen-bond acceptors (Lipinski definition) is 7. The molecule has 2 aromatic rings. The van der Waals surface area contributed by atoms with Gasteiger partial charge in [-0.05, 0) is 42.5 Å².